The maximum atomic E-state index is 12.1. The Morgan fingerprint density at radius 2 is 2.00 bits per heavy atom. The lowest BCUT2D eigenvalue weighted by atomic mass is 9.81. The van der Waals surface area contributed by atoms with E-state index in [9.17, 15) is 14.4 Å². The molecule has 6 nitrogen and oxygen atoms in total. The van der Waals surface area contributed by atoms with E-state index in [-0.39, 0.29) is 30.9 Å². The topological polar surface area (TPSA) is 78.5 Å². The van der Waals surface area contributed by atoms with Gasteiger partial charge < -0.3 is 10.6 Å². The van der Waals surface area contributed by atoms with Gasteiger partial charge in [-0.3, -0.25) is 14.5 Å². The van der Waals surface area contributed by atoms with Crippen LogP contribution in [0, 0.1) is 0 Å². The highest BCUT2D eigenvalue weighted by atomic mass is 16.2. The first-order chi connectivity index (χ1) is 11.1. The second kappa shape index (κ2) is 6.81. The molecular weight excluding hydrogens is 294 g/mol. The molecule has 1 aromatic carbocycles. The Morgan fingerprint density at radius 3 is 2.70 bits per heavy atom. The Morgan fingerprint density at radius 1 is 1.22 bits per heavy atom. The van der Waals surface area contributed by atoms with Gasteiger partial charge in [0.15, 0.2) is 0 Å². The summed E-state index contributed by atoms with van der Waals surface area (Å²) in [4.78, 5) is 36.1. The van der Waals surface area contributed by atoms with Crippen molar-refractivity contribution in [3.8, 4) is 0 Å². The standard InChI is InChI=1S/C17H21N3O3/c21-15(11-20-16(22)10-18-17(20)23)19-14-8-4-7-13(9-14)12-5-2-1-3-6-12/h1-3,5-6,13-14H,4,7-11H2,(H,18,23)(H,19,21). The molecule has 122 valence electrons. The van der Waals surface area contributed by atoms with Crippen molar-refractivity contribution in [2.75, 3.05) is 13.1 Å². The van der Waals surface area contributed by atoms with Gasteiger partial charge in [-0.15, -0.1) is 0 Å². The molecule has 0 bridgehead atoms. The fraction of sp³-hybridized carbons (Fsp3) is 0.471. The third-order valence-electron chi connectivity index (χ3n) is 4.55. The molecule has 0 aromatic heterocycles. The quantitative estimate of drug-likeness (QED) is 0.824. The van der Waals surface area contributed by atoms with E-state index in [0.717, 1.165) is 30.6 Å². The molecule has 3 rings (SSSR count). The Hall–Kier alpha value is -2.37. The Kier molecular flexibility index (Phi) is 4.60. The average molecular weight is 315 g/mol. The van der Waals surface area contributed by atoms with Crippen molar-refractivity contribution in [1.82, 2.24) is 15.5 Å². The summed E-state index contributed by atoms with van der Waals surface area (Å²) in [5, 5.41) is 5.39. The molecule has 1 aliphatic carbocycles. The van der Waals surface area contributed by atoms with Crippen molar-refractivity contribution >= 4 is 17.8 Å². The third kappa shape index (κ3) is 3.70. The van der Waals surface area contributed by atoms with Gasteiger partial charge in [0, 0.05) is 6.04 Å². The highest BCUT2D eigenvalue weighted by Gasteiger charge is 2.31. The van der Waals surface area contributed by atoms with Gasteiger partial charge in [0.25, 0.3) is 5.91 Å². The predicted octanol–water partition coefficient (Wildman–Crippen LogP) is 1.38. The summed E-state index contributed by atoms with van der Waals surface area (Å²) in [6, 6.07) is 9.94. The van der Waals surface area contributed by atoms with Crippen LogP contribution >= 0.6 is 0 Å². The van der Waals surface area contributed by atoms with E-state index < -0.39 is 6.03 Å². The first kappa shape index (κ1) is 15.5. The van der Waals surface area contributed by atoms with Gasteiger partial charge in [-0.2, -0.15) is 0 Å². The number of benzene rings is 1. The summed E-state index contributed by atoms with van der Waals surface area (Å²) < 4.78 is 0. The average Bonchev–Trinajstić information content (AvgIpc) is 2.88. The van der Waals surface area contributed by atoms with E-state index in [1.807, 2.05) is 18.2 Å². The first-order valence-corrected chi connectivity index (χ1v) is 8.06. The van der Waals surface area contributed by atoms with Gasteiger partial charge in [0.05, 0.1) is 6.54 Å². The summed E-state index contributed by atoms with van der Waals surface area (Å²) >= 11 is 0. The van der Waals surface area contributed by atoms with E-state index in [4.69, 9.17) is 0 Å². The highest BCUT2D eigenvalue weighted by Crippen LogP contribution is 2.32. The molecule has 1 aromatic rings. The number of carbonyl (C=O) groups excluding carboxylic acids is 3. The van der Waals surface area contributed by atoms with Crippen LogP contribution < -0.4 is 10.6 Å². The molecule has 2 N–H and O–H groups in total. The maximum Gasteiger partial charge on any atom is 0.325 e. The monoisotopic (exact) mass is 315 g/mol. The van der Waals surface area contributed by atoms with Crippen molar-refractivity contribution in [3.63, 3.8) is 0 Å². The molecule has 1 saturated carbocycles. The lowest BCUT2D eigenvalue weighted by molar-refractivity contribution is -0.131. The van der Waals surface area contributed by atoms with E-state index in [1.54, 1.807) is 0 Å². The van der Waals surface area contributed by atoms with Crippen LogP contribution in [-0.2, 0) is 9.59 Å². The number of hydrogen-bond acceptors (Lipinski definition) is 3. The molecule has 6 heteroatoms. The van der Waals surface area contributed by atoms with Gasteiger partial charge >= 0.3 is 6.03 Å². The van der Waals surface area contributed by atoms with Crippen LogP contribution in [0.4, 0.5) is 4.79 Å². The predicted molar refractivity (Wildman–Crippen MR) is 84.7 cm³/mol. The van der Waals surface area contributed by atoms with Gasteiger partial charge in [0.2, 0.25) is 5.91 Å². The molecule has 2 fully saturated rings. The lowest BCUT2D eigenvalue weighted by Crippen LogP contribution is -2.45. The largest absolute Gasteiger partial charge is 0.352 e. The number of urea groups is 1. The maximum absolute atomic E-state index is 12.1. The van der Waals surface area contributed by atoms with Crippen LogP contribution in [-0.4, -0.2) is 41.9 Å². The number of nitrogens with zero attached hydrogens (tertiary/aromatic N) is 1. The number of nitrogens with one attached hydrogen (secondary N) is 2. The zero-order valence-electron chi connectivity index (χ0n) is 13.0. The summed E-state index contributed by atoms with van der Waals surface area (Å²) in [5.74, 6) is -0.169. The van der Waals surface area contributed by atoms with Crippen LogP contribution in [0.3, 0.4) is 0 Å². The molecule has 2 atom stereocenters. The molecule has 0 radical (unpaired) electrons. The SMILES string of the molecule is O=C(CN1C(=O)CNC1=O)NC1CCCC(c2ccccc2)C1. The Labute approximate surface area is 135 Å². The molecule has 1 saturated heterocycles. The van der Waals surface area contributed by atoms with E-state index in [1.165, 1.54) is 5.56 Å². The minimum absolute atomic E-state index is 0.0222. The summed E-state index contributed by atoms with van der Waals surface area (Å²) in [6.07, 6.45) is 4.03. The van der Waals surface area contributed by atoms with Crippen molar-refractivity contribution in [2.45, 2.75) is 37.6 Å². The van der Waals surface area contributed by atoms with Crippen molar-refractivity contribution in [2.24, 2.45) is 0 Å². The normalized spacial score (nSPS) is 24.4. The summed E-state index contributed by atoms with van der Waals surface area (Å²) in [7, 11) is 0. The molecule has 4 amide bonds. The van der Waals surface area contributed by atoms with Crippen LogP contribution in [0.2, 0.25) is 0 Å². The van der Waals surface area contributed by atoms with Crippen LogP contribution in [0.25, 0.3) is 0 Å². The van der Waals surface area contributed by atoms with Crippen LogP contribution in [0.1, 0.15) is 37.2 Å². The van der Waals surface area contributed by atoms with Gasteiger partial charge in [-0.25, -0.2) is 4.79 Å². The molecule has 2 unspecified atom stereocenters. The fourth-order valence-electron chi connectivity index (χ4n) is 3.38. The first-order valence-electron chi connectivity index (χ1n) is 8.06. The van der Waals surface area contributed by atoms with Crippen molar-refractivity contribution < 1.29 is 14.4 Å². The number of carbonyl (C=O) groups is 3. The highest BCUT2D eigenvalue weighted by molar-refractivity contribution is 6.04. The smallest absolute Gasteiger partial charge is 0.325 e. The van der Waals surface area contributed by atoms with Crippen molar-refractivity contribution in [1.29, 1.82) is 0 Å². The van der Waals surface area contributed by atoms with Gasteiger partial charge in [-0.05, 0) is 30.7 Å². The van der Waals surface area contributed by atoms with E-state index >= 15 is 0 Å². The Bertz CT molecular complexity index is 586. The number of imide groups is 1. The van der Waals surface area contributed by atoms with Crippen LogP contribution in [0.5, 0.6) is 0 Å². The van der Waals surface area contributed by atoms with Gasteiger partial charge in [0.1, 0.15) is 6.54 Å². The number of amides is 4. The molecule has 1 heterocycles. The lowest BCUT2D eigenvalue weighted by Gasteiger charge is -2.30. The van der Waals surface area contributed by atoms with Crippen molar-refractivity contribution in [3.05, 3.63) is 35.9 Å². The zero-order valence-corrected chi connectivity index (χ0v) is 13.0. The molecular formula is C17H21N3O3. The second-order valence-corrected chi connectivity index (χ2v) is 6.18. The summed E-state index contributed by atoms with van der Waals surface area (Å²) in [6.45, 7) is -0.219. The third-order valence-corrected chi connectivity index (χ3v) is 4.55. The number of hydrogen-bond donors (Lipinski definition) is 2. The van der Waals surface area contributed by atoms with Gasteiger partial charge in [-0.1, -0.05) is 36.8 Å². The molecule has 23 heavy (non-hydrogen) atoms. The van der Waals surface area contributed by atoms with E-state index in [0.29, 0.717) is 5.92 Å². The molecule has 1 aliphatic heterocycles. The Balaban J connectivity index is 1.54. The molecule has 0 spiro atoms. The fourth-order valence-corrected chi connectivity index (χ4v) is 3.38. The number of rotatable bonds is 4. The zero-order chi connectivity index (χ0) is 16.2. The minimum Gasteiger partial charge on any atom is -0.352 e. The summed E-state index contributed by atoms with van der Waals surface area (Å²) in [5.41, 5.74) is 1.31. The van der Waals surface area contributed by atoms with E-state index in [2.05, 4.69) is 22.8 Å². The molecule has 2 aliphatic rings. The van der Waals surface area contributed by atoms with Crippen LogP contribution in [0.15, 0.2) is 30.3 Å². The minimum atomic E-state index is -0.490. The second-order valence-electron chi connectivity index (χ2n) is 6.18.